The molecule has 0 bridgehead atoms. The van der Waals surface area contributed by atoms with Crippen LogP contribution < -0.4 is 5.32 Å². The van der Waals surface area contributed by atoms with E-state index in [1.165, 1.54) is 5.56 Å². The number of carbonyl (C=O) groups is 2. The normalized spacial score (nSPS) is 22.8. The molecular formula is C16H21NO2. The van der Waals surface area contributed by atoms with Crippen LogP contribution in [0, 0.1) is 5.92 Å². The Kier molecular flexibility index (Phi) is 4.72. The third kappa shape index (κ3) is 3.22. The number of amides is 1. The Morgan fingerprint density at radius 3 is 2.58 bits per heavy atom. The summed E-state index contributed by atoms with van der Waals surface area (Å²) in [6.45, 7) is 0. The molecule has 0 radical (unpaired) electrons. The summed E-state index contributed by atoms with van der Waals surface area (Å²) in [5.74, 6) is 0.830. The quantitative estimate of drug-likeness (QED) is 0.844. The van der Waals surface area contributed by atoms with Gasteiger partial charge in [-0.25, -0.2) is 0 Å². The smallest absolute Gasteiger partial charge is 0.222 e. The van der Waals surface area contributed by atoms with E-state index in [1.54, 1.807) is 7.05 Å². The molecule has 1 fully saturated rings. The fourth-order valence-corrected chi connectivity index (χ4v) is 3.08. The SMILES string of the molecule is CNC(=O)C1CCC(c2ccccc2CC=O)CC1. The molecule has 1 saturated carbocycles. The van der Waals surface area contributed by atoms with E-state index in [0.717, 1.165) is 37.5 Å². The van der Waals surface area contributed by atoms with Crippen LogP contribution in [0.3, 0.4) is 0 Å². The summed E-state index contributed by atoms with van der Waals surface area (Å²) in [4.78, 5) is 22.4. The largest absolute Gasteiger partial charge is 0.359 e. The Hall–Kier alpha value is -1.64. The van der Waals surface area contributed by atoms with Gasteiger partial charge < -0.3 is 10.1 Å². The van der Waals surface area contributed by atoms with Crippen LogP contribution in [-0.4, -0.2) is 19.2 Å². The van der Waals surface area contributed by atoms with Crippen LogP contribution in [-0.2, 0) is 16.0 Å². The molecule has 0 aromatic heterocycles. The number of rotatable bonds is 4. The molecule has 102 valence electrons. The van der Waals surface area contributed by atoms with E-state index in [1.807, 2.05) is 18.2 Å². The minimum Gasteiger partial charge on any atom is -0.359 e. The van der Waals surface area contributed by atoms with Gasteiger partial charge in [0.1, 0.15) is 6.29 Å². The Morgan fingerprint density at radius 2 is 1.95 bits per heavy atom. The van der Waals surface area contributed by atoms with E-state index in [-0.39, 0.29) is 11.8 Å². The maximum Gasteiger partial charge on any atom is 0.222 e. The maximum absolute atomic E-state index is 11.6. The van der Waals surface area contributed by atoms with Crippen LogP contribution in [0.5, 0.6) is 0 Å². The molecule has 1 aromatic carbocycles. The molecule has 0 unspecified atom stereocenters. The van der Waals surface area contributed by atoms with Gasteiger partial charge >= 0.3 is 0 Å². The van der Waals surface area contributed by atoms with E-state index in [4.69, 9.17) is 0 Å². The van der Waals surface area contributed by atoms with Crippen LogP contribution in [0.1, 0.15) is 42.7 Å². The first-order chi connectivity index (χ1) is 9.26. The van der Waals surface area contributed by atoms with Crippen molar-refractivity contribution in [2.75, 3.05) is 7.05 Å². The first kappa shape index (κ1) is 13.8. The lowest BCUT2D eigenvalue weighted by Crippen LogP contribution is -2.30. The summed E-state index contributed by atoms with van der Waals surface area (Å²) >= 11 is 0. The van der Waals surface area contributed by atoms with Gasteiger partial charge in [0.2, 0.25) is 5.91 Å². The summed E-state index contributed by atoms with van der Waals surface area (Å²) in [5.41, 5.74) is 2.44. The Morgan fingerprint density at radius 1 is 1.26 bits per heavy atom. The molecule has 0 aliphatic heterocycles. The van der Waals surface area contributed by atoms with Crippen molar-refractivity contribution < 1.29 is 9.59 Å². The number of hydrogen-bond donors (Lipinski definition) is 1. The second-order valence-corrected chi connectivity index (χ2v) is 5.23. The highest BCUT2D eigenvalue weighted by Gasteiger charge is 2.27. The monoisotopic (exact) mass is 259 g/mol. The topological polar surface area (TPSA) is 46.2 Å². The van der Waals surface area contributed by atoms with Gasteiger partial charge in [-0.05, 0) is 42.7 Å². The summed E-state index contributed by atoms with van der Waals surface area (Å²) in [6, 6.07) is 8.19. The number of hydrogen-bond acceptors (Lipinski definition) is 2. The molecule has 3 nitrogen and oxygen atoms in total. The van der Waals surface area contributed by atoms with Crippen molar-refractivity contribution in [3.05, 3.63) is 35.4 Å². The van der Waals surface area contributed by atoms with Gasteiger partial charge in [-0.1, -0.05) is 24.3 Å². The van der Waals surface area contributed by atoms with E-state index in [0.29, 0.717) is 12.3 Å². The average Bonchev–Trinajstić information content (AvgIpc) is 2.47. The predicted molar refractivity (Wildman–Crippen MR) is 75.0 cm³/mol. The predicted octanol–water partition coefficient (Wildman–Crippen LogP) is 2.45. The average molecular weight is 259 g/mol. The highest BCUT2D eigenvalue weighted by molar-refractivity contribution is 5.78. The maximum atomic E-state index is 11.6. The summed E-state index contributed by atoms with van der Waals surface area (Å²) in [6.07, 6.45) is 5.42. The minimum absolute atomic E-state index is 0.166. The summed E-state index contributed by atoms with van der Waals surface area (Å²) in [5, 5.41) is 2.74. The van der Waals surface area contributed by atoms with E-state index >= 15 is 0 Å². The van der Waals surface area contributed by atoms with Crippen molar-refractivity contribution in [3.63, 3.8) is 0 Å². The van der Waals surface area contributed by atoms with E-state index < -0.39 is 0 Å². The molecule has 0 spiro atoms. The van der Waals surface area contributed by atoms with E-state index in [9.17, 15) is 9.59 Å². The molecule has 19 heavy (non-hydrogen) atoms. The second kappa shape index (κ2) is 6.50. The standard InChI is InChI=1S/C16H21NO2/c1-17-16(19)14-8-6-13(7-9-14)15-5-3-2-4-12(15)10-11-18/h2-5,11,13-14H,6-10H2,1H3,(H,17,19). The summed E-state index contributed by atoms with van der Waals surface area (Å²) < 4.78 is 0. The van der Waals surface area contributed by atoms with Crippen LogP contribution in [0.25, 0.3) is 0 Å². The Labute approximate surface area is 114 Å². The molecule has 1 aliphatic carbocycles. The molecule has 2 rings (SSSR count). The van der Waals surface area contributed by atoms with Gasteiger partial charge in [-0.2, -0.15) is 0 Å². The third-order valence-electron chi connectivity index (χ3n) is 4.14. The fourth-order valence-electron chi connectivity index (χ4n) is 3.08. The summed E-state index contributed by atoms with van der Waals surface area (Å²) in [7, 11) is 1.70. The Bertz CT molecular complexity index is 448. The van der Waals surface area contributed by atoms with Crippen LogP contribution in [0.2, 0.25) is 0 Å². The van der Waals surface area contributed by atoms with Crippen LogP contribution in [0.4, 0.5) is 0 Å². The number of carbonyl (C=O) groups excluding carboxylic acids is 2. The molecule has 1 aromatic rings. The molecule has 0 heterocycles. The van der Waals surface area contributed by atoms with Gasteiger partial charge in [0.15, 0.2) is 0 Å². The van der Waals surface area contributed by atoms with E-state index in [2.05, 4.69) is 11.4 Å². The van der Waals surface area contributed by atoms with Crippen molar-refractivity contribution in [2.45, 2.75) is 38.0 Å². The number of nitrogens with one attached hydrogen (secondary N) is 1. The van der Waals surface area contributed by atoms with Crippen LogP contribution >= 0.6 is 0 Å². The molecule has 1 aliphatic rings. The first-order valence-corrected chi connectivity index (χ1v) is 6.99. The molecule has 1 amide bonds. The van der Waals surface area contributed by atoms with Gasteiger partial charge in [0, 0.05) is 19.4 Å². The minimum atomic E-state index is 0.166. The lowest BCUT2D eigenvalue weighted by Gasteiger charge is -2.28. The van der Waals surface area contributed by atoms with Crippen molar-refractivity contribution in [3.8, 4) is 0 Å². The third-order valence-corrected chi connectivity index (χ3v) is 4.14. The zero-order chi connectivity index (χ0) is 13.7. The fraction of sp³-hybridized carbons (Fsp3) is 0.500. The zero-order valence-electron chi connectivity index (χ0n) is 11.4. The highest BCUT2D eigenvalue weighted by atomic mass is 16.1. The van der Waals surface area contributed by atoms with Gasteiger partial charge in [0.25, 0.3) is 0 Å². The number of benzene rings is 1. The van der Waals surface area contributed by atoms with Gasteiger partial charge in [-0.3, -0.25) is 4.79 Å². The van der Waals surface area contributed by atoms with Crippen LogP contribution in [0.15, 0.2) is 24.3 Å². The Balaban J connectivity index is 2.05. The van der Waals surface area contributed by atoms with Crippen molar-refractivity contribution in [2.24, 2.45) is 5.92 Å². The molecule has 0 saturated heterocycles. The molecule has 1 N–H and O–H groups in total. The molecule has 0 atom stereocenters. The number of aldehydes is 1. The van der Waals surface area contributed by atoms with Crippen molar-refractivity contribution in [1.29, 1.82) is 0 Å². The first-order valence-electron chi connectivity index (χ1n) is 6.99. The lowest BCUT2D eigenvalue weighted by atomic mass is 9.77. The van der Waals surface area contributed by atoms with Gasteiger partial charge in [-0.15, -0.1) is 0 Å². The van der Waals surface area contributed by atoms with Gasteiger partial charge in [0.05, 0.1) is 0 Å². The highest BCUT2D eigenvalue weighted by Crippen LogP contribution is 2.37. The van der Waals surface area contributed by atoms with Crippen molar-refractivity contribution in [1.82, 2.24) is 5.32 Å². The lowest BCUT2D eigenvalue weighted by molar-refractivity contribution is -0.125. The zero-order valence-corrected chi connectivity index (χ0v) is 11.4. The second-order valence-electron chi connectivity index (χ2n) is 5.23. The van der Waals surface area contributed by atoms with Crippen molar-refractivity contribution >= 4 is 12.2 Å². The molecule has 3 heteroatoms. The molecular weight excluding hydrogens is 238 g/mol.